The van der Waals surface area contributed by atoms with Gasteiger partial charge < -0.3 is 5.32 Å². The third-order valence-electron chi connectivity index (χ3n) is 4.09. The van der Waals surface area contributed by atoms with Crippen molar-refractivity contribution in [1.82, 2.24) is 5.32 Å². The topological polar surface area (TPSA) is 12.0 Å². The van der Waals surface area contributed by atoms with Crippen molar-refractivity contribution in [3.8, 4) is 0 Å². The summed E-state index contributed by atoms with van der Waals surface area (Å²) >= 11 is 0. The molecule has 1 fully saturated rings. The van der Waals surface area contributed by atoms with Crippen LogP contribution in [0.25, 0.3) is 0 Å². The number of nitrogens with one attached hydrogen (secondary N) is 1. The average molecular weight is 243 g/mol. The number of hydrogen-bond donors (Lipinski definition) is 1. The first-order valence-corrected chi connectivity index (χ1v) is 7.19. The second-order valence-electron chi connectivity index (χ2n) is 5.67. The number of hydrogen-bond acceptors (Lipinski definition) is 1. The van der Waals surface area contributed by atoms with Crippen molar-refractivity contribution >= 4 is 0 Å². The highest BCUT2D eigenvalue weighted by Gasteiger charge is 2.28. The van der Waals surface area contributed by atoms with Gasteiger partial charge in [-0.25, -0.2) is 0 Å². The lowest BCUT2D eigenvalue weighted by Gasteiger charge is -2.36. The van der Waals surface area contributed by atoms with Gasteiger partial charge in [0.25, 0.3) is 0 Å². The molecule has 18 heavy (non-hydrogen) atoms. The second kappa shape index (κ2) is 6.19. The van der Waals surface area contributed by atoms with Crippen LogP contribution in [-0.4, -0.2) is 6.04 Å². The molecule has 0 aliphatic heterocycles. The minimum absolute atomic E-state index is 0.0328. The van der Waals surface area contributed by atoms with E-state index < -0.39 is 0 Å². The Hall–Kier alpha value is -1.08. The van der Waals surface area contributed by atoms with Gasteiger partial charge in [-0.05, 0) is 31.7 Å². The van der Waals surface area contributed by atoms with Crippen molar-refractivity contribution in [3.63, 3.8) is 0 Å². The maximum Gasteiger partial charge on any atom is 0.0442 e. The average Bonchev–Trinajstić information content (AvgIpc) is 2.41. The predicted octanol–water partition coefficient (Wildman–Crippen LogP) is 4.40. The SMILES string of the molecule is C=CCC(C)(NC1CCCCC1)c1ccccc1. The molecular formula is C17H25N. The van der Waals surface area contributed by atoms with Crippen LogP contribution in [0.2, 0.25) is 0 Å². The van der Waals surface area contributed by atoms with E-state index in [-0.39, 0.29) is 5.54 Å². The molecule has 1 saturated carbocycles. The van der Waals surface area contributed by atoms with E-state index >= 15 is 0 Å². The number of rotatable bonds is 5. The minimum Gasteiger partial charge on any atom is -0.305 e. The quantitative estimate of drug-likeness (QED) is 0.756. The van der Waals surface area contributed by atoms with E-state index in [9.17, 15) is 0 Å². The third-order valence-corrected chi connectivity index (χ3v) is 4.09. The van der Waals surface area contributed by atoms with Gasteiger partial charge in [0.15, 0.2) is 0 Å². The van der Waals surface area contributed by atoms with Crippen LogP contribution < -0.4 is 5.32 Å². The molecule has 1 nitrogen and oxygen atoms in total. The van der Waals surface area contributed by atoms with Crippen LogP contribution in [0.3, 0.4) is 0 Å². The first-order valence-electron chi connectivity index (χ1n) is 7.19. The normalized spacial score (nSPS) is 20.3. The lowest BCUT2D eigenvalue weighted by molar-refractivity contribution is 0.267. The van der Waals surface area contributed by atoms with Crippen LogP contribution in [0.15, 0.2) is 43.0 Å². The predicted molar refractivity (Wildman–Crippen MR) is 78.6 cm³/mol. The monoisotopic (exact) mass is 243 g/mol. The van der Waals surface area contributed by atoms with Gasteiger partial charge in [0.1, 0.15) is 0 Å². The molecule has 1 heteroatoms. The molecule has 0 radical (unpaired) electrons. The van der Waals surface area contributed by atoms with Crippen molar-refractivity contribution in [2.24, 2.45) is 0 Å². The molecule has 1 unspecified atom stereocenters. The molecule has 1 aromatic rings. The molecule has 0 saturated heterocycles. The first-order chi connectivity index (χ1) is 8.74. The molecule has 98 valence electrons. The fourth-order valence-corrected chi connectivity index (χ4v) is 3.05. The Morgan fingerprint density at radius 1 is 1.22 bits per heavy atom. The summed E-state index contributed by atoms with van der Waals surface area (Å²) in [5.74, 6) is 0. The Balaban J connectivity index is 2.12. The van der Waals surface area contributed by atoms with Gasteiger partial charge >= 0.3 is 0 Å². The van der Waals surface area contributed by atoms with Crippen LogP contribution in [0.1, 0.15) is 51.0 Å². The van der Waals surface area contributed by atoms with Gasteiger partial charge in [0.2, 0.25) is 0 Å². The zero-order chi connectivity index (χ0) is 12.8. The Morgan fingerprint density at radius 2 is 1.89 bits per heavy atom. The zero-order valence-corrected chi connectivity index (χ0v) is 11.5. The van der Waals surface area contributed by atoms with E-state index in [1.165, 1.54) is 37.7 Å². The first kappa shape index (κ1) is 13.4. The van der Waals surface area contributed by atoms with Gasteiger partial charge in [-0.3, -0.25) is 0 Å². The fourth-order valence-electron chi connectivity index (χ4n) is 3.05. The largest absolute Gasteiger partial charge is 0.305 e. The molecule has 0 amide bonds. The lowest BCUT2D eigenvalue weighted by Crippen LogP contribution is -2.46. The Labute approximate surface area is 111 Å². The summed E-state index contributed by atoms with van der Waals surface area (Å²) in [6.45, 7) is 6.23. The van der Waals surface area contributed by atoms with Crippen LogP contribution >= 0.6 is 0 Å². The Kier molecular flexibility index (Phi) is 4.60. The maximum atomic E-state index is 3.92. The molecule has 0 bridgehead atoms. The van der Waals surface area contributed by atoms with E-state index in [1.54, 1.807) is 0 Å². The summed E-state index contributed by atoms with van der Waals surface area (Å²) in [4.78, 5) is 0. The Morgan fingerprint density at radius 3 is 2.50 bits per heavy atom. The highest BCUT2D eigenvalue weighted by atomic mass is 15.0. The summed E-state index contributed by atoms with van der Waals surface area (Å²) < 4.78 is 0. The number of benzene rings is 1. The van der Waals surface area contributed by atoms with E-state index in [4.69, 9.17) is 0 Å². The van der Waals surface area contributed by atoms with Crippen molar-refractivity contribution in [1.29, 1.82) is 0 Å². The van der Waals surface area contributed by atoms with Crippen LogP contribution in [-0.2, 0) is 5.54 Å². The third kappa shape index (κ3) is 3.23. The summed E-state index contributed by atoms with van der Waals surface area (Å²) in [7, 11) is 0. The molecule has 1 N–H and O–H groups in total. The summed E-state index contributed by atoms with van der Waals surface area (Å²) in [5, 5.41) is 3.88. The summed E-state index contributed by atoms with van der Waals surface area (Å²) in [6, 6.07) is 11.4. The van der Waals surface area contributed by atoms with Gasteiger partial charge in [-0.1, -0.05) is 55.7 Å². The van der Waals surface area contributed by atoms with Gasteiger partial charge in [-0.2, -0.15) is 0 Å². The van der Waals surface area contributed by atoms with Gasteiger partial charge in [0, 0.05) is 11.6 Å². The van der Waals surface area contributed by atoms with Crippen LogP contribution in [0.4, 0.5) is 0 Å². The van der Waals surface area contributed by atoms with Gasteiger partial charge in [-0.15, -0.1) is 6.58 Å². The molecule has 0 spiro atoms. The summed E-state index contributed by atoms with van der Waals surface area (Å²) in [5.41, 5.74) is 1.40. The maximum absolute atomic E-state index is 3.92. The van der Waals surface area contributed by atoms with Crippen molar-refractivity contribution < 1.29 is 0 Å². The molecule has 1 aromatic carbocycles. The van der Waals surface area contributed by atoms with Gasteiger partial charge in [0.05, 0.1) is 0 Å². The fraction of sp³-hybridized carbons (Fsp3) is 0.529. The molecule has 1 atom stereocenters. The summed E-state index contributed by atoms with van der Waals surface area (Å²) in [6.07, 6.45) is 9.80. The molecule has 0 aromatic heterocycles. The van der Waals surface area contributed by atoms with E-state index in [0.29, 0.717) is 6.04 Å². The van der Waals surface area contributed by atoms with Crippen molar-refractivity contribution in [3.05, 3.63) is 48.6 Å². The van der Waals surface area contributed by atoms with Crippen LogP contribution in [0.5, 0.6) is 0 Å². The molecule has 1 aliphatic carbocycles. The Bertz CT molecular complexity index is 364. The van der Waals surface area contributed by atoms with E-state index in [2.05, 4.69) is 49.2 Å². The highest BCUT2D eigenvalue weighted by molar-refractivity contribution is 5.24. The van der Waals surface area contributed by atoms with Crippen LogP contribution in [0, 0.1) is 0 Å². The van der Waals surface area contributed by atoms with E-state index in [1.807, 2.05) is 6.08 Å². The second-order valence-corrected chi connectivity index (χ2v) is 5.67. The zero-order valence-electron chi connectivity index (χ0n) is 11.5. The lowest BCUT2D eigenvalue weighted by atomic mass is 9.85. The minimum atomic E-state index is 0.0328. The standard InChI is InChI=1S/C17H25N/c1-3-14-17(2,15-10-6-4-7-11-15)18-16-12-8-5-9-13-16/h3-4,6-7,10-11,16,18H,1,5,8-9,12-14H2,2H3. The van der Waals surface area contributed by atoms with E-state index in [0.717, 1.165) is 6.42 Å². The molecule has 1 aliphatic rings. The highest BCUT2D eigenvalue weighted by Crippen LogP contribution is 2.28. The molecule has 0 heterocycles. The molecule has 2 rings (SSSR count). The van der Waals surface area contributed by atoms with Crippen molar-refractivity contribution in [2.75, 3.05) is 0 Å². The van der Waals surface area contributed by atoms with Crippen molar-refractivity contribution in [2.45, 2.75) is 57.0 Å². The smallest absolute Gasteiger partial charge is 0.0442 e. The molecular weight excluding hydrogens is 218 g/mol.